The third kappa shape index (κ3) is 11.9. The van der Waals surface area contributed by atoms with Gasteiger partial charge in [0, 0.05) is 32.5 Å². The molecule has 3 N–H and O–H groups in total. The number of allylic oxidation sites excluding steroid dienone is 1. The van der Waals surface area contributed by atoms with Gasteiger partial charge in [-0.05, 0) is 91.4 Å². The van der Waals surface area contributed by atoms with Gasteiger partial charge in [0.15, 0.2) is 5.78 Å². The van der Waals surface area contributed by atoms with Gasteiger partial charge in [-0.1, -0.05) is 119 Å². The zero-order chi connectivity index (χ0) is 47.5. The van der Waals surface area contributed by atoms with Crippen LogP contribution in [0.15, 0.2) is 97.1 Å². The smallest absolute Gasteiger partial charge is 0.262 e. The molecular formula is C52H69N5O8Si. The molecule has 0 spiro atoms. The van der Waals surface area contributed by atoms with Crippen LogP contribution in [-0.2, 0) is 50.8 Å². The van der Waals surface area contributed by atoms with E-state index >= 15 is 0 Å². The van der Waals surface area contributed by atoms with Crippen LogP contribution in [0.5, 0.6) is 0 Å². The van der Waals surface area contributed by atoms with Crippen molar-refractivity contribution in [2.45, 2.75) is 134 Å². The van der Waals surface area contributed by atoms with Crippen molar-refractivity contribution in [3.63, 3.8) is 0 Å². The van der Waals surface area contributed by atoms with Gasteiger partial charge in [0.2, 0.25) is 29.5 Å². The lowest BCUT2D eigenvalue weighted by Crippen LogP contribution is -2.68. The molecule has 6 rings (SSSR count). The van der Waals surface area contributed by atoms with E-state index in [1.807, 2.05) is 65.6 Å². The van der Waals surface area contributed by atoms with Crippen LogP contribution in [0.25, 0.3) is 0 Å². The number of aryl methyl sites for hydroxylation is 1. The maximum Gasteiger partial charge on any atom is 0.262 e. The largest absolute Gasteiger partial charge is 0.397 e. The van der Waals surface area contributed by atoms with Crippen molar-refractivity contribution >= 4 is 54.0 Å². The van der Waals surface area contributed by atoms with Crippen LogP contribution in [0, 0.1) is 0 Å². The number of ketones is 1. The highest BCUT2D eigenvalue weighted by Gasteiger charge is 2.51. The molecule has 0 saturated carbocycles. The second-order valence-electron chi connectivity index (χ2n) is 19.1. The van der Waals surface area contributed by atoms with Crippen molar-refractivity contribution in [3.05, 3.63) is 108 Å². The van der Waals surface area contributed by atoms with Gasteiger partial charge in [-0.2, -0.15) is 0 Å². The van der Waals surface area contributed by atoms with Crippen LogP contribution in [-0.4, -0.2) is 116 Å². The summed E-state index contributed by atoms with van der Waals surface area (Å²) in [5.74, 6) is -1.83. The molecule has 0 unspecified atom stereocenters. The molecule has 0 bridgehead atoms. The molecule has 5 amide bonds. The van der Waals surface area contributed by atoms with E-state index < -0.39 is 55.8 Å². The molecular weight excluding hydrogens is 851 g/mol. The summed E-state index contributed by atoms with van der Waals surface area (Å²) in [7, 11) is -2.96. The first-order valence-electron chi connectivity index (χ1n) is 23.7. The van der Waals surface area contributed by atoms with Gasteiger partial charge in [-0.15, -0.1) is 0 Å². The Kier molecular flexibility index (Phi) is 16.9. The number of hydrogen-bond donors (Lipinski definition) is 3. The number of carbonyl (C=O) groups excluding carboxylic acids is 6. The second-order valence-corrected chi connectivity index (χ2v) is 23.4. The Labute approximate surface area is 391 Å². The highest BCUT2D eigenvalue weighted by Crippen LogP contribution is 2.37. The van der Waals surface area contributed by atoms with Gasteiger partial charge in [-0.3, -0.25) is 28.8 Å². The first-order chi connectivity index (χ1) is 31.6. The fourth-order valence-corrected chi connectivity index (χ4v) is 14.0. The minimum atomic E-state index is -2.96. The number of morpholine rings is 1. The van der Waals surface area contributed by atoms with Crippen LogP contribution in [0.1, 0.15) is 97.6 Å². The minimum absolute atomic E-state index is 0.0929. The lowest BCUT2D eigenvalue weighted by atomic mass is 9.94. The average Bonchev–Trinajstić information content (AvgIpc) is 3.82. The topological polar surface area (TPSA) is 163 Å². The monoisotopic (exact) mass is 919 g/mol. The number of hydrogen-bond acceptors (Lipinski definition) is 8. The van der Waals surface area contributed by atoms with E-state index in [1.54, 1.807) is 32.9 Å². The zero-order valence-corrected chi connectivity index (χ0v) is 40.6. The van der Waals surface area contributed by atoms with Crippen molar-refractivity contribution in [1.29, 1.82) is 0 Å². The summed E-state index contributed by atoms with van der Waals surface area (Å²) in [6.45, 7) is 14.4. The lowest BCUT2D eigenvalue weighted by Gasteiger charge is -2.44. The Balaban J connectivity index is 1.10. The number of nitrogens with zero attached hydrogens (tertiary/aromatic N) is 2. The lowest BCUT2D eigenvalue weighted by molar-refractivity contribution is -0.144. The highest BCUT2D eigenvalue weighted by atomic mass is 28.4. The molecule has 3 saturated heterocycles. The first kappa shape index (κ1) is 50.0. The van der Waals surface area contributed by atoms with E-state index in [2.05, 4.69) is 61.0 Å². The Morgan fingerprint density at radius 2 is 1.48 bits per heavy atom. The number of ether oxygens (including phenoxy) is 1. The van der Waals surface area contributed by atoms with E-state index in [9.17, 15) is 28.8 Å². The maximum absolute atomic E-state index is 14.3. The zero-order valence-electron chi connectivity index (χ0n) is 39.6. The van der Waals surface area contributed by atoms with Crippen molar-refractivity contribution in [1.82, 2.24) is 25.8 Å². The third-order valence-corrected chi connectivity index (χ3v) is 18.6. The van der Waals surface area contributed by atoms with Crippen LogP contribution < -0.4 is 26.3 Å². The molecule has 14 heteroatoms. The van der Waals surface area contributed by atoms with E-state index in [4.69, 9.17) is 9.16 Å². The summed E-state index contributed by atoms with van der Waals surface area (Å²) in [6, 6.07) is 25.3. The Morgan fingerprint density at radius 1 is 0.864 bits per heavy atom. The van der Waals surface area contributed by atoms with Crippen LogP contribution in [0.3, 0.4) is 0 Å². The summed E-state index contributed by atoms with van der Waals surface area (Å²) in [4.78, 5) is 86.3. The summed E-state index contributed by atoms with van der Waals surface area (Å²) >= 11 is 0. The molecule has 3 fully saturated rings. The number of rotatable bonds is 16. The van der Waals surface area contributed by atoms with Crippen LogP contribution >= 0.6 is 0 Å². The average molecular weight is 920 g/mol. The molecule has 0 aromatic heterocycles. The van der Waals surface area contributed by atoms with E-state index in [-0.39, 0.29) is 41.9 Å². The predicted molar refractivity (Wildman–Crippen MR) is 257 cm³/mol. The quantitative estimate of drug-likeness (QED) is 0.107. The van der Waals surface area contributed by atoms with Gasteiger partial charge < -0.3 is 34.9 Å². The molecule has 13 nitrogen and oxygen atoms in total. The fourth-order valence-electron chi connectivity index (χ4n) is 9.31. The Hall–Kier alpha value is -5.44. The highest BCUT2D eigenvalue weighted by molar-refractivity contribution is 6.99. The van der Waals surface area contributed by atoms with Crippen LogP contribution in [0.2, 0.25) is 5.04 Å². The second kappa shape index (κ2) is 22.4. The molecule has 66 heavy (non-hydrogen) atoms. The minimum Gasteiger partial charge on any atom is -0.397 e. The molecule has 3 aliphatic rings. The van der Waals surface area contributed by atoms with E-state index in [0.717, 1.165) is 21.5 Å². The maximum atomic E-state index is 14.3. The van der Waals surface area contributed by atoms with Gasteiger partial charge in [0.1, 0.15) is 29.8 Å². The number of unbranched alkanes of at least 4 members (excludes halogenated alkanes) is 1. The summed E-state index contributed by atoms with van der Waals surface area (Å²) in [5.41, 5.74) is 0.410. The molecule has 0 radical (unpaired) electrons. The summed E-state index contributed by atoms with van der Waals surface area (Å²) in [6.07, 6.45) is 6.15. The van der Waals surface area contributed by atoms with Crippen molar-refractivity contribution in [2.24, 2.45) is 0 Å². The molecule has 0 aliphatic carbocycles. The molecule has 3 aromatic carbocycles. The number of benzene rings is 3. The predicted octanol–water partition coefficient (Wildman–Crippen LogP) is 4.54. The third-order valence-electron chi connectivity index (χ3n) is 13.5. The van der Waals surface area contributed by atoms with Crippen molar-refractivity contribution in [2.75, 3.05) is 32.8 Å². The number of carbonyl (C=O) groups is 6. The molecule has 3 aromatic rings. The summed E-state index contributed by atoms with van der Waals surface area (Å²) < 4.78 is 12.4. The van der Waals surface area contributed by atoms with Gasteiger partial charge >= 0.3 is 0 Å². The SMILES string of the molecule is CC[C@]1(C)NC(=O)[C@H](CCC/C=C/C(=O)[C@H](C)O[Si](c2ccccc2)(c2ccccc2)C(C)(C)C)NC(=O)[C@H]2CCCN2C(=O)[C@H](Cc2ccc(CCC(=O)N3CCOCC3)cc2)NC1=O. The summed E-state index contributed by atoms with van der Waals surface area (Å²) in [5, 5.41) is 10.7. The number of amides is 5. The molecule has 3 aliphatic heterocycles. The van der Waals surface area contributed by atoms with Crippen LogP contribution in [0.4, 0.5) is 0 Å². The van der Waals surface area contributed by atoms with Crippen molar-refractivity contribution in [3.8, 4) is 0 Å². The first-order valence-corrected chi connectivity index (χ1v) is 25.6. The standard InChI is InChI=1S/C52H69N5O8Si/c1-7-52(6)50(63)54-43(36-39-27-25-38(26-28-39)29-30-46(59)56-32-34-64-35-33-56)49(62)57-31-17-23-44(57)48(61)53-42(47(60)55-52)22-15-10-16-24-45(58)37(2)65-66(51(3,4)5,40-18-11-8-12-19-40)41-20-13-9-14-21-41/h8-9,11-14,16,18-21,24-28,37,42-44H,7,10,15,17,22-23,29-36H2,1-6H3,(H,53,61)(H,54,63)(H,55,60)/b24-16+/t37-,42-,43-,44+,52-/m0/s1. The van der Waals surface area contributed by atoms with Gasteiger partial charge in [0.25, 0.3) is 8.32 Å². The Morgan fingerprint density at radius 3 is 2.09 bits per heavy atom. The van der Waals surface area contributed by atoms with Crippen molar-refractivity contribution < 1.29 is 37.9 Å². The van der Waals surface area contributed by atoms with Gasteiger partial charge in [-0.25, -0.2) is 0 Å². The molecule has 5 atom stereocenters. The van der Waals surface area contributed by atoms with Gasteiger partial charge in [0.05, 0.1) is 13.2 Å². The number of nitrogens with one attached hydrogen (secondary N) is 3. The molecule has 3 heterocycles. The fraction of sp³-hybridized carbons (Fsp3) is 0.500. The normalized spacial score (nSPS) is 22.7. The van der Waals surface area contributed by atoms with E-state index in [0.29, 0.717) is 71.4 Å². The Bertz CT molecular complexity index is 2150. The van der Waals surface area contributed by atoms with E-state index in [1.165, 1.54) is 4.90 Å². The number of fused-ring (bicyclic) bond motifs is 1. The molecule has 354 valence electrons.